The number of carbonyl (C=O) groups is 1. The zero-order valence-corrected chi connectivity index (χ0v) is 15.9. The van der Waals surface area contributed by atoms with Crippen LogP contribution in [-0.4, -0.2) is 10.9 Å². The normalized spacial score (nSPS) is 12.1. The Kier molecular flexibility index (Phi) is 5.56. The van der Waals surface area contributed by atoms with Crippen molar-refractivity contribution in [3.8, 4) is 0 Å². The van der Waals surface area contributed by atoms with Gasteiger partial charge >= 0.3 is 0 Å². The van der Waals surface area contributed by atoms with E-state index in [4.69, 9.17) is 5.73 Å². The van der Waals surface area contributed by atoms with Gasteiger partial charge in [-0.3, -0.25) is 4.79 Å². The summed E-state index contributed by atoms with van der Waals surface area (Å²) in [5, 5.41) is 0.161. The zero-order valence-electron chi connectivity index (χ0n) is 14.2. The zero-order chi connectivity index (χ0) is 17.8. The molecule has 1 heterocycles. The van der Waals surface area contributed by atoms with Crippen LogP contribution >= 0.6 is 23.1 Å². The lowest BCUT2D eigenvalue weighted by molar-refractivity contribution is -0.117. The molecule has 0 aliphatic heterocycles. The Morgan fingerprint density at radius 1 is 1.12 bits per heavy atom. The molecular weight excluding hydrogens is 348 g/mol. The third kappa shape index (κ3) is 4.30. The number of thiazole rings is 1. The minimum atomic E-state index is -0.318. The highest BCUT2D eigenvalue weighted by atomic mass is 32.2. The van der Waals surface area contributed by atoms with E-state index in [1.54, 1.807) is 23.1 Å². The summed E-state index contributed by atoms with van der Waals surface area (Å²) in [5.41, 5.74) is 10.0. The minimum absolute atomic E-state index is 0.161. The van der Waals surface area contributed by atoms with E-state index in [9.17, 15) is 4.79 Å². The van der Waals surface area contributed by atoms with Crippen LogP contribution in [0, 0.1) is 13.8 Å². The van der Waals surface area contributed by atoms with E-state index in [-0.39, 0.29) is 17.6 Å². The number of aromatic nitrogens is 1. The maximum absolute atomic E-state index is 11.2. The van der Waals surface area contributed by atoms with E-state index in [1.807, 2.05) is 13.0 Å². The third-order valence-corrected chi connectivity index (χ3v) is 6.55. The molecule has 2 aromatic carbocycles. The molecule has 1 aromatic heterocycles. The third-order valence-electron chi connectivity index (χ3n) is 4.00. The van der Waals surface area contributed by atoms with Gasteiger partial charge in [0.1, 0.15) is 0 Å². The second-order valence-corrected chi connectivity index (χ2v) is 8.33. The van der Waals surface area contributed by atoms with Gasteiger partial charge in [-0.2, -0.15) is 0 Å². The first-order valence-electron chi connectivity index (χ1n) is 8.06. The molecule has 0 bridgehead atoms. The van der Waals surface area contributed by atoms with Crippen LogP contribution in [0.15, 0.2) is 58.9 Å². The van der Waals surface area contributed by atoms with Gasteiger partial charge in [0, 0.05) is 4.88 Å². The molecule has 25 heavy (non-hydrogen) atoms. The van der Waals surface area contributed by atoms with Crippen LogP contribution < -0.4 is 5.73 Å². The molecule has 0 spiro atoms. The van der Waals surface area contributed by atoms with Gasteiger partial charge in [-0.15, -0.1) is 11.3 Å². The Morgan fingerprint density at radius 2 is 1.80 bits per heavy atom. The number of hydrogen-bond donors (Lipinski definition) is 1. The first-order chi connectivity index (χ1) is 12.0. The van der Waals surface area contributed by atoms with E-state index >= 15 is 0 Å². The summed E-state index contributed by atoms with van der Waals surface area (Å²) < 4.78 is 0.964. The number of hydrogen-bond acceptors (Lipinski definition) is 4. The van der Waals surface area contributed by atoms with Crippen molar-refractivity contribution in [1.82, 2.24) is 4.98 Å². The average molecular weight is 369 g/mol. The first kappa shape index (κ1) is 17.7. The van der Waals surface area contributed by atoms with Crippen molar-refractivity contribution in [2.24, 2.45) is 5.73 Å². The van der Waals surface area contributed by atoms with Gasteiger partial charge in [-0.05, 0) is 30.5 Å². The second kappa shape index (κ2) is 7.85. The molecule has 3 aromatic rings. The fourth-order valence-electron chi connectivity index (χ4n) is 2.69. The lowest BCUT2D eigenvalue weighted by Gasteiger charge is -2.18. The Labute approximate surface area is 156 Å². The molecule has 0 saturated carbocycles. The predicted octanol–water partition coefficient (Wildman–Crippen LogP) is 4.67. The number of benzene rings is 2. The van der Waals surface area contributed by atoms with Crippen molar-refractivity contribution < 1.29 is 4.79 Å². The van der Waals surface area contributed by atoms with E-state index in [0.29, 0.717) is 0 Å². The van der Waals surface area contributed by atoms with Crippen molar-refractivity contribution >= 4 is 29.0 Å². The van der Waals surface area contributed by atoms with Crippen molar-refractivity contribution in [2.75, 3.05) is 0 Å². The van der Waals surface area contributed by atoms with Gasteiger partial charge in [-0.25, -0.2) is 4.98 Å². The molecule has 0 saturated heterocycles. The summed E-state index contributed by atoms with van der Waals surface area (Å²) in [4.78, 5) is 16.8. The van der Waals surface area contributed by atoms with E-state index in [2.05, 4.69) is 60.4 Å². The van der Waals surface area contributed by atoms with Gasteiger partial charge in [-0.1, -0.05) is 66.4 Å². The Hall–Kier alpha value is -2.11. The number of rotatable bonds is 6. The van der Waals surface area contributed by atoms with Crippen molar-refractivity contribution in [3.63, 3.8) is 0 Å². The second-order valence-electron chi connectivity index (χ2n) is 5.90. The van der Waals surface area contributed by atoms with Gasteiger partial charge in [0.05, 0.1) is 17.4 Å². The molecule has 0 fully saturated rings. The fraction of sp³-hybridized carbons (Fsp3) is 0.200. The standard InChI is InChI=1S/C20H20N2OS2/c1-13-8-6-7-11-16(13)19(15-9-4-3-5-10-15)25-20-22-14(2)17(24-20)12-18(21)23/h3-11,19H,12H2,1-2H3,(H2,21,23)/t19-/m1/s1. The predicted molar refractivity (Wildman–Crippen MR) is 105 cm³/mol. The SMILES string of the molecule is Cc1ccccc1[C@H](Sc1nc(C)c(CC(N)=O)s1)c1ccccc1. The van der Waals surface area contributed by atoms with Crippen LogP contribution in [0.1, 0.15) is 32.5 Å². The summed E-state index contributed by atoms with van der Waals surface area (Å²) in [7, 11) is 0. The number of nitrogens with zero attached hydrogens (tertiary/aromatic N) is 1. The largest absolute Gasteiger partial charge is 0.369 e. The number of amides is 1. The lowest BCUT2D eigenvalue weighted by atomic mass is 10.0. The van der Waals surface area contributed by atoms with Crippen LogP contribution in [0.5, 0.6) is 0 Å². The topological polar surface area (TPSA) is 56.0 Å². The highest BCUT2D eigenvalue weighted by Gasteiger charge is 2.20. The Balaban J connectivity index is 1.96. The monoisotopic (exact) mass is 368 g/mol. The Bertz CT molecular complexity index is 874. The van der Waals surface area contributed by atoms with Gasteiger partial charge in [0.25, 0.3) is 0 Å². The van der Waals surface area contributed by atoms with Gasteiger partial charge in [0.15, 0.2) is 4.34 Å². The van der Waals surface area contributed by atoms with E-state index < -0.39 is 0 Å². The highest BCUT2D eigenvalue weighted by Crippen LogP contribution is 2.43. The van der Waals surface area contributed by atoms with Crippen molar-refractivity contribution in [1.29, 1.82) is 0 Å². The molecule has 0 radical (unpaired) electrons. The molecule has 0 aliphatic carbocycles. The molecule has 2 N–H and O–H groups in total. The first-order valence-corrected chi connectivity index (χ1v) is 9.76. The molecule has 5 heteroatoms. The fourth-order valence-corrected chi connectivity index (χ4v) is 5.35. The highest BCUT2D eigenvalue weighted by molar-refractivity contribution is 8.01. The van der Waals surface area contributed by atoms with Crippen molar-refractivity contribution in [3.05, 3.63) is 81.9 Å². The molecule has 0 aliphatic rings. The van der Waals surface area contributed by atoms with Crippen LogP contribution in [0.3, 0.4) is 0 Å². The summed E-state index contributed by atoms with van der Waals surface area (Å²) in [6, 6.07) is 18.9. The maximum atomic E-state index is 11.2. The van der Waals surface area contributed by atoms with E-state index in [1.165, 1.54) is 16.7 Å². The lowest BCUT2D eigenvalue weighted by Crippen LogP contribution is -2.13. The molecular formula is C20H20N2OS2. The molecule has 1 amide bonds. The maximum Gasteiger partial charge on any atom is 0.222 e. The number of nitrogens with two attached hydrogens (primary N) is 1. The average Bonchev–Trinajstić information content (AvgIpc) is 2.93. The van der Waals surface area contributed by atoms with Gasteiger partial charge < -0.3 is 5.73 Å². The quantitative estimate of drug-likeness (QED) is 0.643. The Morgan fingerprint density at radius 3 is 2.48 bits per heavy atom. The molecule has 128 valence electrons. The van der Waals surface area contributed by atoms with Gasteiger partial charge in [0.2, 0.25) is 5.91 Å². The van der Waals surface area contributed by atoms with Crippen LogP contribution in [0.4, 0.5) is 0 Å². The van der Waals surface area contributed by atoms with E-state index in [0.717, 1.165) is 14.9 Å². The number of primary amides is 1. The summed E-state index contributed by atoms with van der Waals surface area (Å²) >= 11 is 3.29. The molecule has 0 unspecified atom stereocenters. The van der Waals surface area contributed by atoms with Crippen LogP contribution in [-0.2, 0) is 11.2 Å². The number of aryl methyl sites for hydroxylation is 2. The van der Waals surface area contributed by atoms with Crippen LogP contribution in [0.2, 0.25) is 0 Å². The summed E-state index contributed by atoms with van der Waals surface area (Å²) in [6.07, 6.45) is 0.254. The van der Waals surface area contributed by atoms with Crippen LogP contribution in [0.25, 0.3) is 0 Å². The summed E-state index contributed by atoms with van der Waals surface area (Å²) in [5.74, 6) is -0.318. The molecule has 3 nitrogen and oxygen atoms in total. The summed E-state index contributed by atoms with van der Waals surface area (Å²) in [6.45, 7) is 4.07. The number of carbonyl (C=O) groups excluding carboxylic acids is 1. The van der Waals surface area contributed by atoms with Crippen molar-refractivity contribution in [2.45, 2.75) is 29.9 Å². The number of thioether (sulfide) groups is 1. The molecule has 3 rings (SSSR count). The minimum Gasteiger partial charge on any atom is -0.369 e. The molecule has 1 atom stereocenters. The smallest absolute Gasteiger partial charge is 0.222 e.